The number of carboxylic acid groups (broad SMARTS) is 1. The molecule has 0 fully saturated rings. The van der Waals surface area contributed by atoms with Crippen molar-refractivity contribution in [2.24, 2.45) is 0 Å². The first-order valence-corrected chi connectivity index (χ1v) is 4.01. The summed E-state index contributed by atoms with van der Waals surface area (Å²) in [6.07, 6.45) is 0.588. The van der Waals surface area contributed by atoms with Crippen molar-refractivity contribution in [3.63, 3.8) is 0 Å². The molecule has 0 aliphatic carbocycles. The molecule has 0 bridgehead atoms. The van der Waals surface area contributed by atoms with Gasteiger partial charge in [-0.05, 0) is 0 Å². The van der Waals surface area contributed by atoms with Crippen LogP contribution in [0.15, 0.2) is 12.1 Å². The molecule has 0 heterocycles. The van der Waals surface area contributed by atoms with Crippen LogP contribution in [0.2, 0.25) is 0 Å². The molecule has 2 N–H and O–H groups in total. The van der Waals surface area contributed by atoms with Crippen molar-refractivity contribution in [2.75, 3.05) is 0 Å². The third-order valence-electron chi connectivity index (χ3n) is 1.80. The Kier molecular flexibility index (Phi) is 5.97. The molecule has 0 saturated heterocycles. The monoisotopic (exact) mass is 268 g/mol. The summed E-state index contributed by atoms with van der Waals surface area (Å²) in [7, 11) is 0. The predicted molar refractivity (Wildman–Crippen MR) is 47.6 cm³/mol. The Labute approximate surface area is 108 Å². The normalized spacial score (nSPS) is 9.21. The first-order chi connectivity index (χ1) is 6.09. The van der Waals surface area contributed by atoms with Crippen molar-refractivity contribution < 1.29 is 47.7 Å². The standard InChI is InChI=1S/C10H11O3.Y/c1-7-6-8(2-4-9(7)11)3-5-10(12)13;/h2,6,11H,3,5H2,1H3,(H,12,13);/q-1;. The molecule has 1 radical (unpaired) electrons. The number of aromatic hydroxyl groups is 1. The van der Waals surface area contributed by atoms with E-state index in [2.05, 4.69) is 6.07 Å². The van der Waals surface area contributed by atoms with E-state index in [1.807, 2.05) is 0 Å². The summed E-state index contributed by atoms with van der Waals surface area (Å²) < 4.78 is 0. The van der Waals surface area contributed by atoms with Crippen LogP contribution < -0.4 is 0 Å². The third kappa shape index (κ3) is 4.20. The molecule has 1 aromatic rings. The number of phenols is 1. The Bertz CT molecular complexity index is 323. The topological polar surface area (TPSA) is 57.5 Å². The van der Waals surface area contributed by atoms with Gasteiger partial charge in [-0.3, -0.25) is 4.79 Å². The number of hydrogen-bond donors (Lipinski definition) is 2. The van der Waals surface area contributed by atoms with E-state index in [1.54, 1.807) is 19.1 Å². The molecule has 1 rings (SSSR count). The van der Waals surface area contributed by atoms with Gasteiger partial charge in [-0.25, -0.2) is 0 Å². The number of hydrogen-bond acceptors (Lipinski definition) is 2. The Morgan fingerprint density at radius 2 is 2.21 bits per heavy atom. The predicted octanol–water partition coefficient (Wildman–Crippen LogP) is 1.52. The number of benzene rings is 1. The Balaban J connectivity index is 0.00000169. The number of carboxylic acids is 1. The molecule has 0 spiro atoms. The van der Waals surface area contributed by atoms with E-state index < -0.39 is 5.97 Å². The van der Waals surface area contributed by atoms with Crippen LogP contribution in [0.5, 0.6) is 5.75 Å². The smallest absolute Gasteiger partial charge is 0.302 e. The summed E-state index contributed by atoms with van der Waals surface area (Å²) >= 11 is 0. The van der Waals surface area contributed by atoms with Crippen molar-refractivity contribution in [3.8, 4) is 5.75 Å². The Hall–Kier alpha value is -0.406. The van der Waals surface area contributed by atoms with Crippen molar-refractivity contribution in [1.29, 1.82) is 0 Å². The van der Waals surface area contributed by atoms with Gasteiger partial charge in [0.15, 0.2) is 0 Å². The summed E-state index contributed by atoms with van der Waals surface area (Å²) in [5, 5.41) is 17.6. The average Bonchev–Trinajstić information content (AvgIpc) is 2.07. The zero-order chi connectivity index (χ0) is 9.84. The van der Waals surface area contributed by atoms with E-state index in [9.17, 15) is 4.79 Å². The van der Waals surface area contributed by atoms with Crippen LogP contribution in [0.4, 0.5) is 0 Å². The molecule has 0 aromatic heterocycles. The zero-order valence-corrected chi connectivity index (χ0v) is 10.8. The van der Waals surface area contributed by atoms with Gasteiger partial charge in [-0.1, -0.05) is 13.3 Å². The Morgan fingerprint density at radius 3 is 2.71 bits per heavy atom. The van der Waals surface area contributed by atoms with Crippen LogP contribution in [-0.4, -0.2) is 16.2 Å². The van der Waals surface area contributed by atoms with Crippen molar-refractivity contribution >= 4 is 5.97 Å². The van der Waals surface area contributed by atoms with Crippen LogP contribution in [0.1, 0.15) is 17.5 Å². The van der Waals surface area contributed by atoms with Gasteiger partial charge in [-0.15, -0.1) is 11.6 Å². The van der Waals surface area contributed by atoms with E-state index in [0.29, 0.717) is 6.42 Å². The number of carbonyl (C=O) groups is 1. The molecule has 1 aromatic carbocycles. The first-order valence-electron chi connectivity index (χ1n) is 4.01. The van der Waals surface area contributed by atoms with E-state index in [4.69, 9.17) is 10.2 Å². The van der Waals surface area contributed by atoms with Gasteiger partial charge in [0.2, 0.25) is 0 Å². The second-order valence-corrected chi connectivity index (χ2v) is 2.93. The number of aliphatic carboxylic acids is 1. The van der Waals surface area contributed by atoms with E-state index >= 15 is 0 Å². The molecule has 0 aliphatic heterocycles. The molecule has 0 saturated carbocycles. The summed E-state index contributed by atoms with van der Waals surface area (Å²) in [6.45, 7) is 1.76. The molecular formula is C10H11O3Y-. The van der Waals surface area contributed by atoms with Crippen molar-refractivity contribution in [1.82, 2.24) is 0 Å². The molecule has 0 amide bonds. The van der Waals surface area contributed by atoms with Gasteiger partial charge < -0.3 is 10.2 Å². The first kappa shape index (κ1) is 13.6. The van der Waals surface area contributed by atoms with Gasteiger partial charge in [-0.2, -0.15) is 17.7 Å². The molecule has 0 unspecified atom stereocenters. The maximum atomic E-state index is 10.3. The molecule has 73 valence electrons. The molecule has 3 nitrogen and oxygen atoms in total. The van der Waals surface area contributed by atoms with Gasteiger partial charge in [0, 0.05) is 44.9 Å². The van der Waals surface area contributed by atoms with Crippen LogP contribution in [0.3, 0.4) is 0 Å². The summed E-state index contributed by atoms with van der Waals surface area (Å²) in [6, 6.07) is 6.04. The van der Waals surface area contributed by atoms with Crippen LogP contribution in [-0.2, 0) is 43.9 Å². The molecular weight excluding hydrogens is 257 g/mol. The largest absolute Gasteiger partial charge is 0.534 e. The molecule has 14 heavy (non-hydrogen) atoms. The summed E-state index contributed by atoms with van der Waals surface area (Å²) in [5.74, 6) is -0.690. The van der Waals surface area contributed by atoms with Gasteiger partial charge >= 0.3 is 5.97 Å². The van der Waals surface area contributed by atoms with Gasteiger partial charge in [0.05, 0.1) is 0 Å². The minimum atomic E-state index is -0.814. The van der Waals surface area contributed by atoms with Gasteiger partial charge in [0.25, 0.3) is 0 Å². The third-order valence-corrected chi connectivity index (χ3v) is 1.80. The van der Waals surface area contributed by atoms with Crippen LogP contribution >= 0.6 is 0 Å². The van der Waals surface area contributed by atoms with E-state index in [1.165, 1.54) is 0 Å². The maximum absolute atomic E-state index is 10.3. The Morgan fingerprint density at radius 1 is 1.57 bits per heavy atom. The molecule has 0 atom stereocenters. The summed E-state index contributed by atoms with van der Waals surface area (Å²) in [4.78, 5) is 10.3. The van der Waals surface area contributed by atoms with Crippen molar-refractivity contribution in [2.45, 2.75) is 19.8 Å². The number of aryl methyl sites for hydroxylation is 2. The average molecular weight is 268 g/mol. The SMILES string of the molecule is Cc1cc(CCC(=O)O)c[c-]c1O.[Y]. The second kappa shape index (κ2) is 6.15. The quantitative estimate of drug-likeness (QED) is 0.817. The zero-order valence-electron chi connectivity index (χ0n) is 7.95. The fourth-order valence-corrected chi connectivity index (χ4v) is 1.06. The second-order valence-electron chi connectivity index (χ2n) is 2.93. The fraction of sp³-hybridized carbons (Fsp3) is 0.300. The number of rotatable bonds is 3. The minimum Gasteiger partial charge on any atom is -0.534 e. The number of phenolic OH excluding ortho intramolecular Hbond substituents is 1. The van der Waals surface area contributed by atoms with Gasteiger partial charge in [0.1, 0.15) is 0 Å². The minimum absolute atomic E-state index is 0. The maximum Gasteiger partial charge on any atom is 0.302 e. The molecule has 0 aliphatic rings. The van der Waals surface area contributed by atoms with E-state index in [-0.39, 0.29) is 44.9 Å². The van der Waals surface area contributed by atoms with E-state index in [0.717, 1.165) is 11.1 Å². The summed E-state index contributed by atoms with van der Waals surface area (Å²) in [5.41, 5.74) is 1.61. The van der Waals surface area contributed by atoms with Crippen molar-refractivity contribution in [3.05, 3.63) is 29.3 Å². The fourth-order valence-electron chi connectivity index (χ4n) is 1.06. The van der Waals surface area contributed by atoms with Crippen LogP contribution in [0, 0.1) is 13.0 Å². The van der Waals surface area contributed by atoms with Crippen LogP contribution in [0.25, 0.3) is 0 Å². The molecule has 4 heteroatoms.